The Balaban J connectivity index is 3.28. The van der Waals surface area contributed by atoms with Gasteiger partial charge in [0.1, 0.15) is 4.90 Å². The van der Waals surface area contributed by atoms with E-state index in [0.29, 0.717) is 16.4 Å². The van der Waals surface area contributed by atoms with Crippen molar-refractivity contribution in [2.45, 2.75) is 25.3 Å². The second-order valence-corrected chi connectivity index (χ2v) is 6.36. The zero-order valence-electron chi connectivity index (χ0n) is 8.54. The highest BCUT2D eigenvalue weighted by molar-refractivity contribution is 8.13. The number of aromatic nitrogens is 2. The van der Waals surface area contributed by atoms with Gasteiger partial charge in [-0.2, -0.15) is 5.10 Å². The highest BCUT2D eigenvalue weighted by Crippen LogP contribution is 2.24. The molecule has 1 rings (SSSR count). The smallest absolute Gasteiger partial charge is 0.263 e. The van der Waals surface area contributed by atoms with Crippen LogP contribution >= 0.6 is 33.9 Å². The summed E-state index contributed by atoms with van der Waals surface area (Å²) in [5.74, 6) is 0. The maximum Gasteiger partial charge on any atom is 0.264 e. The monoisotopic (exact) mass is 302 g/mol. The van der Waals surface area contributed by atoms with Crippen LogP contribution in [0.3, 0.4) is 0 Å². The molecule has 0 N–H and O–H groups in total. The molecule has 0 bridgehead atoms. The molecule has 90 valence electrons. The lowest BCUT2D eigenvalue weighted by Gasteiger charge is -2.02. The topological polar surface area (TPSA) is 52.0 Å². The van der Waals surface area contributed by atoms with Crippen molar-refractivity contribution in [3.05, 3.63) is 22.0 Å². The second-order valence-electron chi connectivity index (χ2n) is 3.15. The molecule has 0 atom stereocenters. The van der Waals surface area contributed by atoms with Gasteiger partial charge in [-0.15, -0.1) is 0 Å². The van der Waals surface area contributed by atoms with Crippen LogP contribution in [-0.4, -0.2) is 18.2 Å². The first-order chi connectivity index (χ1) is 7.27. The van der Waals surface area contributed by atoms with Gasteiger partial charge in [-0.3, -0.25) is 4.68 Å². The summed E-state index contributed by atoms with van der Waals surface area (Å²) in [6, 6.07) is 0. The van der Waals surface area contributed by atoms with Crippen LogP contribution in [0, 0.1) is 13.8 Å². The molecule has 1 heterocycles. The van der Waals surface area contributed by atoms with E-state index in [9.17, 15) is 8.42 Å². The van der Waals surface area contributed by atoms with E-state index in [2.05, 4.69) is 5.10 Å². The summed E-state index contributed by atoms with van der Waals surface area (Å²) in [4.78, 5) is 0.0215. The quantitative estimate of drug-likeness (QED) is 0.807. The van der Waals surface area contributed by atoms with Crippen molar-refractivity contribution in [1.29, 1.82) is 0 Å². The third-order valence-electron chi connectivity index (χ3n) is 1.98. The molecule has 0 unspecified atom stereocenters. The Labute approximate surface area is 108 Å². The first-order valence-corrected chi connectivity index (χ1v) is 7.33. The Bertz CT molecular complexity index is 534. The Morgan fingerprint density at radius 3 is 2.44 bits per heavy atom. The van der Waals surface area contributed by atoms with Gasteiger partial charge >= 0.3 is 0 Å². The Hall–Kier alpha value is -0.230. The van der Waals surface area contributed by atoms with Crippen molar-refractivity contribution in [3.63, 3.8) is 0 Å². The van der Waals surface area contributed by atoms with Gasteiger partial charge in [0, 0.05) is 16.2 Å². The van der Waals surface area contributed by atoms with Gasteiger partial charge in [-0.1, -0.05) is 23.2 Å². The SMILES string of the molecule is Cc1nn(CC(Cl)=CCl)c(C)c1S(=O)(=O)Cl. The predicted molar refractivity (Wildman–Crippen MR) is 64.5 cm³/mol. The van der Waals surface area contributed by atoms with Crippen LogP contribution in [0.1, 0.15) is 11.4 Å². The number of halogens is 3. The predicted octanol–water partition coefficient (Wildman–Crippen LogP) is 2.75. The van der Waals surface area contributed by atoms with E-state index in [1.165, 1.54) is 10.2 Å². The van der Waals surface area contributed by atoms with Crippen LogP contribution in [0.25, 0.3) is 0 Å². The van der Waals surface area contributed by atoms with Gasteiger partial charge in [0.25, 0.3) is 9.05 Å². The summed E-state index contributed by atoms with van der Waals surface area (Å²) in [6.45, 7) is 3.38. The minimum Gasteiger partial charge on any atom is -0.263 e. The molecule has 0 radical (unpaired) electrons. The zero-order valence-corrected chi connectivity index (χ0v) is 11.6. The van der Waals surface area contributed by atoms with E-state index < -0.39 is 9.05 Å². The van der Waals surface area contributed by atoms with Crippen LogP contribution in [0.4, 0.5) is 0 Å². The minimum absolute atomic E-state index is 0.0215. The summed E-state index contributed by atoms with van der Waals surface area (Å²) in [6.07, 6.45) is 0. The number of aryl methyl sites for hydroxylation is 1. The highest BCUT2D eigenvalue weighted by Gasteiger charge is 2.22. The molecule has 0 fully saturated rings. The van der Waals surface area contributed by atoms with E-state index in [1.807, 2.05) is 0 Å². The number of hydrogen-bond donors (Lipinski definition) is 0. The third-order valence-corrected chi connectivity index (χ3v) is 4.12. The lowest BCUT2D eigenvalue weighted by molar-refractivity contribution is 0.607. The normalized spacial score (nSPS) is 13.2. The van der Waals surface area contributed by atoms with E-state index in [4.69, 9.17) is 33.9 Å². The van der Waals surface area contributed by atoms with Crippen LogP contribution in [-0.2, 0) is 15.6 Å². The standard InChI is InChI=1S/C8H9Cl3N2O2S/c1-5-8(16(11,14)15)6(2)13(12-5)4-7(10)3-9/h3H,4H2,1-2H3. The lowest BCUT2D eigenvalue weighted by atomic mass is 10.4. The molecule has 0 aliphatic carbocycles. The van der Waals surface area contributed by atoms with Gasteiger partial charge < -0.3 is 0 Å². The number of nitrogens with zero attached hydrogens (tertiary/aromatic N) is 2. The Morgan fingerprint density at radius 2 is 2.06 bits per heavy atom. The van der Waals surface area contributed by atoms with E-state index in [-0.39, 0.29) is 11.4 Å². The van der Waals surface area contributed by atoms with Crippen molar-refractivity contribution >= 4 is 42.9 Å². The minimum atomic E-state index is -3.79. The van der Waals surface area contributed by atoms with Gasteiger partial charge in [-0.25, -0.2) is 8.42 Å². The fourth-order valence-electron chi connectivity index (χ4n) is 1.36. The van der Waals surface area contributed by atoms with Crippen molar-refractivity contribution < 1.29 is 8.42 Å². The molecule has 0 saturated carbocycles. The van der Waals surface area contributed by atoms with Crippen LogP contribution in [0.15, 0.2) is 15.5 Å². The molecule has 0 saturated heterocycles. The number of rotatable bonds is 3. The van der Waals surface area contributed by atoms with Crippen molar-refractivity contribution in [2.24, 2.45) is 0 Å². The van der Waals surface area contributed by atoms with E-state index in [0.717, 1.165) is 0 Å². The van der Waals surface area contributed by atoms with Gasteiger partial charge in [0.2, 0.25) is 0 Å². The molecule has 0 aromatic carbocycles. The van der Waals surface area contributed by atoms with E-state index in [1.54, 1.807) is 13.8 Å². The third kappa shape index (κ3) is 2.91. The first kappa shape index (κ1) is 13.8. The second kappa shape index (κ2) is 4.96. The number of hydrogen-bond acceptors (Lipinski definition) is 3. The summed E-state index contributed by atoms with van der Waals surface area (Å²) in [7, 11) is 1.51. The molecular weight excluding hydrogens is 295 g/mol. The molecule has 4 nitrogen and oxygen atoms in total. The molecule has 16 heavy (non-hydrogen) atoms. The summed E-state index contributed by atoms with van der Waals surface area (Å²) >= 11 is 11.1. The zero-order chi connectivity index (χ0) is 12.5. The summed E-state index contributed by atoms with van der Waals surface area (Å²) in [5, 5.41) is 4.39. The fraction of sp³-hybridized carbons (Fsp3) is 0.375. The van der Waals surface area contributed by atoms with Gasteiger partial charge in [0.15, 0.2) is 0 Å². The van der Waals surface area contributed by atoms with Crippen molar-refractivity contribution in [2.75, 3.05) is 0 Å². The maximum atomic E-state index is 11.3. The summed E-state index contributed by atoms with van der Waals surface area (Å²) < 4.78 is 24.0. The van der Waals surface area contributed by atoms with E-state index >= 15 is 0 Å². The molecule has 1 aromatic heterocycles. The van der Waals surface area contributed by atoms with Crippen LogP contribution < -0.4 is 0 Å². The van der Waals surface area contributed by atoms with Gasteiger partial charge in [-0.05, 0) is 13.8 Å². The lowest BCUT2D eigenvalue weighted by Crippen LogP contribution is -2.03. The number of allylic oxidation sites excluding steroid dienone is 1. The average Bonchev–Trinajstić information content (AvgIpc) is 2.40. The Morgan fingerprint density at radius 1 is 1.50 bits per heavy atom. The highest BCUT2D eigenvalue weighted by atomic mass is 35.7. The first-order valence-electron chi connectivity index (χ1n) is 4.20. The van der Waals surface area contributed by atoms with Crippen LogP contribution in [0.2, 0.25) is 0 Å². The van der Waals surface area contributed by atoms with Crippen molar-refractivity contribution in [1.82, 2.24) is 9.78 Å². The van der Waals surface area contributed by atoms with Gasteiger partial charge in [0.05, 0.1) is 23.0 Å². The molecule has 0 spiro atoms. The molecule has 8 heteroatoms. The molecule has 1 aromatic rings. The molecule has 0 aliphatic rings. The molecule has 0 aliphatic heterocycles. The van der Waals surface area contributed by atoms with Crippen LogP contribution in [0.5, 0.6) is 0 Å². The Kier molecular flexibility index (Phi) is 4.29. The molecule has 0 amide bonds. The average molecular weight is 304 g/mol. The van der Waals surface area contributed by atoms with Crippen molar-refractivity contribution in [3.8, 4) is 0 Å². The summed E-state index contributed by atoms with van der Waals surface area (Å²) in [5.41, 5.74) is 1.98. The largest absolute Gasteiger partial charge is 0.264 e. The maximum absolute atomic E-state index is 11.3. The molecular formula is C8H9Cl3N2O2S. The fourth-order valence-corrected chi connectivity index (χ4v) is 3.07.